The molecule has 0 aromatic heterocycles. The summed E-state index contributed by atoms with van der Waals surface area (Å²) in [4.78, 5) is 0. The minimum atomic E-state index is -0.246. The lowest BCUT2D eigenvalue weighted by Gasteiger charge is -2.21. The Morgan fingerprint density at radius 1 is 1.11 bits per heavy atom. The molecule has 0 saturated carbocycles. The monoisotopic (exact) mass is 263 g/mol. The molecule has 2 unspecified atom stereocenters. The van der Waals surface area contributed by atoms with Gasteiger partial charge >= 0.3 is 0 Å². The summed E-state index contributed by atoms with van der Waals surface area (Å²) in [5, 5.41) is 13.4. The van der Waals surface area contributed by atoms with Crippen LogP contribution in [0.5, 0.6) is 0 Å². The van der Waals surface area contributed by atoms with Gasteiger partial charge in [0.2, 0.25) is 0 Å². The van der Waals surface area contributed by atoms with Crippen molar-refractivity contribution in [1.82, 2.24) is 5.32 Å². The maximum atomic E-state index is 9.93. The van der Waals surface area contributed by atoms with Crippen molar-refractivity contribution in [2.45, 2.75) is 59.1 Å². The van der Waals surface area contributed by atoms with E-state index in [9.17, 15) is 5.11 Å². The summed E-state index contributed by atoms with van der Waals surface area (Å²) < 4.78 is 0. The highest BCUT2D eigenvalue weighted by atomic mass is 16.3. The van der Waals surface area contributed by atoms with Crippen molar-refractivity contribution >= 4 is 0 Å². The molecule has 0 aliphatic heterocycles. The molecule has 0 bridgehead atoms. The lowest BCUT2D eigenvalue weighted by atomic mass is 10.0. The summed E-state index contributed by atoms with van der Waals surface area (Å²) in [5.74, 6) is 0.542. The molecule has 0 radical (unpaired) electrons. The number of aryl methyl sites for hydroxylation is 1. The average Bonchev–Trinajstić information content (AvgIpc) is 2.39. The molecule has 0 aliphatic carbocycles. The largest absolute Gasteiger partial charge is 0.392 e. The molecule has 0 heterocycles. The highest BCUT2D eigenvalue weighted by molar-refractivity contribution is 5.25. The number of hydrogen-bond donors (Lipinski definition) is 2. The number of benzene rings is 1. The predicted octanol–water partition coefficient (Wildman–Crippen LogP) is 3.70. The van der Waals surface area contributed by atoms with E-state index in [1.807, 2.05) is 0 Å². The normalized spacial score (nSPS) is 14.6. The van der Waals surface area contributed by atoms with Crippen molar-refractivity contribution < 1.29 is 5.11 Å². The Balaban J connectivity index is 2.52. The van der Waals surface area contributed by atoms with E-state index in [0.717, 1.165) is 19.3 Å². The molecule has 2 nitrogen and oxygen atoms in total. The lowest BCUT2D eigenvalue weighted by Crippen LogP contribution is -2.31. The van der Waals surface area contributed by atoms with Crippen LogP contribution in [0, 0.1) is 5.92 Å². The van der Waals surface area contributed by atoms with Crippen molar-refractivity contribution in [3.8, 4) is 0 Å². The van der Waals surface area contributed by atoms with Crippen LogP contribution in [0.15, 0.2) is 24.3 Å². The van der Waals surface area contributed by atoms with Crippen LogP contribution < -0.4 is 5.32 Å². The second kappa shape index (κ2) is 8.34. The molecule has 19 heavy (non-hydrogen) atoms. The first-order valence-corrected chi connectivity index (χ1v) is 7.57. The van der Waals surface area contributed by atoms with Gasteiger partial charge in [0, 0.05) is 12.6 Å². The Bertz CT molecular complexity index is 345. The molecule has 0 aliphatic rings. The number of aliphatic hydroxyl groups is 1. The van der Waals surface area contributed by atoms with E-state index in [2.05, 4.69) is 57.3 Å². The zero-order chi connectivity index (χ0) is 14.3. The van der Waals surface area contributed by atoms with Crippen molar-refractivity contribution in [1.29, 1.82) is 0 Å². The summed E-state index contributed by atoms with van der Waals surface area (Å²) in [6.45, 7) is 9.31. The lowest BCUT2D eigenvalue weighted by molar-refractivity contribution is 0.142. The topological polar surface area (TPSA) is 32.3 Å². The molecule has 0 spiro atoms. The van der Waals surface area contributed by atoms with E-state index < -0.39 is 0 Å². The summed E-state index contributed by atoms with van der Waals surface area (Å²) in [6, 6.07) is 9.14. The molecule has 0 saturated heterocycles. The second-order valence-corrected chi connectivity index (χ2v) is 5.75. The SMILES string of the molecule is CCc1ccc(C(CC)NCC(O)CC(C)C)cc1. The quantitative estimate of drug-likeness (QED) is 0.749. The number of hydrogen-bond acceptors (Lipinski definition) is 2. The fraction of sp³-hybridized carbons (Fsp3) is 0.647. The van der Waals surface area contributed by atoms with Gasteiger partial charge in [-0.1, -0.05) is 52.0 Å². The predicted molar refractivity (Wildman–Crippen MR) is 82.3 cm³/mol. The summed E-state index contributed by atoms with van der Waals surface area (Å²) in [7, 11) is 0. The minimum absolute atomic E-state index is 0.246. The molecule has 1 aromatic carbocycles. The summed E-state index contributed by atoms with van der Waals surface area (Å²) in [6.07, 6.45) is 2.74. The molecule has 1 aromatic rings. The van der Waals surface area contributed by atoms with Crippen LogP contribution in [0.25, 0.3) is 0 Å². The highest BCUT2D eigenvalue weighted by Gasteiger charge is 2.12. The van der Waals surface area contributed by atoms with Crippen LogP contribution in [0.4, 0.5) is 0 Å². The van der Waals surface area contributed by atoms with Crippen LogP contribution >= 0.6 is 0 Å². The van der Waals surface area contributed by atoms with E-state index in [-0.39, 0.29) is 6.10 Å². The Morgan fingerprint density at radius 3 is 2.21 bits per heavy atom. The van der Waals surface area contributed by atoms with Crippen LogP contribution in [0.3, 0.4) is 0 Å². The fourth-order valence-corrected chi connectivity index (χ4v) is 2.39. The molecule has 108 valence electrons. The third-order valence-electron chi connectivity index (χ3n) is 3.54. The molecule has 0 amide bonds. The standard InChI is InChI=1S/C17H29NO/c1-5-14-7-9-15(10-8-14)17(6-2)18-12-16(19)11-13(3)4/h7-10,13,16-19H,5-6,11-12H2,1-4H3. The molecule has 2 heteroatoms. The molecule has 2 N–H and O–H groups in total. The van der Waals surface area contributed by atoms with E-state index in [4.69, 9.17) is 0 Å². The summed E-state index contributed by atoms with van der Waals surface area (Å²) >= 11 is 0. The van der Waals surface area contributed by atoms with Gasteiger partial charge < -0.3 is 10.4 Å². The highest BCUT2D eigenvalue weighted by Crippen LogP contribution is 2.18. The molecular weight excluding hydrogens is 234 g/mol. The van der Waals surface area contributed by atoms with Gasteiger partial charge in [-0.05, 0) is 36.3 Å². The van der Waals surface area contributed by atoms with Crippen molar-refractivity contribution in [2.75, 3.05) is 6.54 Å². The maximum absolute atomic E-state index is 9.93. The van der Waals surface area contributed by atoms with Gasteiger partial charge in [0.05, 0.1) is 6.10 Å². The first kappa shape index (κ1) is 16.2. The second-order valence-electron chi connectivity index (χ2n) is 5.75. The van der Waals surface area contributed by atoms with Crippen LogP contribution in [0.1, 0.15) is 57.7 Å². The van der Waals surface area contributed by atoms with Gasteiger partial charge in [0.15, 0.2) is 0 Å². The smallest absolute Gasteiger partial charge is 0.0667 e. The van der Waals surface area contributed by atoms with E-state index in [1.54, 1.807) is 0 Å². The Hall–Kier alpha value is -0.860. The third-order valence-corrected chi connectivity index (χ3v) is 3.54. The van der Waals surface area contributed by atoms with Gasteiger partial charge in [-0.3, -0.25) is 0 Å². The third kappa shape index (κ3) is 5.75. The van der Waals surface area contributed by atoms with Gasteiger partial charge in [-0.15, -0.1) is 0 Å². The zero-order valence-corrected chi connectivity index (χ0v) is 12.8. The Kier molecular flexibility index (Phi) is 7.11. The van der Waals surface area contributed by atoms with Gasteiger partial charge in [-0.25, -0.2) is 0 Å². The number of nitrogens with one attached hydrogen (secondary N) is 1. The zero-order valence-electron chi connectivity index (χ0n) is 12.8. The minimum Gasteiger partial charge on any atom is -0.392 e. The van der Waals surface area contributed by atoms with Crippen molar-refractivity contribution in [2.24, 2.45) is 5.92 Å². The Labute approximate surface area is 118 Å². The number of rotatable bonds is 8. The molecule has 1 rings (SSSR count). The van der Waals surface area contributed by atoms with Crippen molar-refractivity contribution in [3.05, 3.63) is 35.4 Å². The van der Waals surface area contributed by atoms with Crippen LogP contribution in [-0.2, 0) is 6.42 Å². The van der Waals surface area contributed by atoms with E-state index in [1.165, 1.54) is 11.1 Å². The van der Waals surface area contributed by atoms with Gasteiger partial charge in [-0.2, -0.15) is 0 Å². The van der Waals surface area contributed by atoms with Crippen LogP contribution in [0.2, 0.25) is 0 Å². The van der Waals surface area contributed by atoms with E-state index in [0.29, 0.717) is 18.5 Å². The average molecular weight is 263 g/mol. The first-order valence-electron chi connectivity index (χ1n) is 7.57. The number of aliphatic hydroxyl groups excluding tert-OH is 1. The first-order chi connectivity index (χ1) is 9.06. The van der Waals surface area contributed by atoms with Crippen LogP contribution in [-0.4, -0.2) is 17.8 Å². The van der Waals surface area contributed by atoms with Gasteiger partial charge in [0.1, 0.15) is 0 Å². The molecular formula is C17H29NO. The van der Waals surface area contributed by atoms with Gasteiger partial charge in [0.25, 0.3) is 0 Å². The van der Waals surface area contributed by atoms with Crippen molar-refractivity contribution in [3.63, 3.8) is 0 Å². The summed E-state index contributed by atoms with van der Waals surface area (Å²) in [5.41, 5.74) is 2.69. The maximum Gasteiger partial charge on any atom is 0.0667 e. The molecule has 2 atom stereocenters. The Morgan fingerprint density at radius 2 is 1.74 bits per heavy atom. The fourth-order valence-electron chi connectivity index (χ4n) is 2.39. The van der Waals surface area contributed by atoms with E-state index >= 15 is 0 Å². The molecule has 0 fully saturated rings.